The fourth-order valence-corrected chi connectivity index (χ4v) is 2.48. The summed E-state index contributed by atoms with van der Waals surface area (Å²) in [5.41, 5.74) is 0.992. The molecular formula is C15H17NO4. The standard InChI is InChI=1S/C15H17NO4/c1-2-8-20-15(19)16-9-11-12(13(11)14(17)18)10-6-4-3-5-7-10/h2-7,11-13H,1,8-9H2,(H,16,19)(H,17,18). The van der Waals surface area contributed by atoms with Crippen molar-refractivity contribution in [2.45, 2.75) is 5.92 Å². The lowest BCUT2D eigenvalue weighted by atomic mass is 10.1. The molecule has 5 nitrogen and oxygen atoms in total. The Hall–Kier alpha value is -2.30. The average molecular weight is 275 g/mol. The minimum absolute atomic E-state index is 0.0478. The zero-order chi connectivity index (χ0) is 14.5. The topological polar surface area (TPSA) is 75.6 Å². The van der Waals surface area contributed by atoms with Crippen LogP contribution in [0, 0.1) is 11.8 Å². The molecule has 2 N–H and O–H groups in total. The fraction of sp³-hybridized carbons (Fsp3) is 0.333. The number of hydrogen-bond acceptors (Lipinski definition) is 3. The number of carboxylic acids is 1. The molecule has 0 saturated heterocycles. The molecule has 0 aromatic heterocycles. The second-order valence-corrected chi connectivity index (χ2v) is 4.73. The second-order valence-electron chi connectivity index (χ2n) is 4.73. The van der Waals surface area contributed by atoms with Gasteiger partial charge in [-0.05, 0) is 11.5 Å². The number of benzene rings is 1. The monoisotopic (exact) mass is 275 g/mol. The van der Waals surface area contributed by atoms with Crippen LogP contribution in [0.5, 0.6) is 0 Å². The van der Waals surface area contributed by atoms with Crippen molar-refractivity contribution in [3.63, 3.8) is 0 Å². The summed E-state index contributed by atoms with van der Waals surface area (Å²) in [6.07, 6.45) is 0.927. The number of amides is 1. The van der Waals surface area contributed by atoms with Crippen molar-refractivity contribution in [2.24, 2.45) is 11.8 Å². The number of alkyl carbamates (subject to hydrolysis) is 1. The van der Waals surface area contributed by atoms with Crippen LogP contribution in [0.2, 0.25) is 0 Å². The van der Waals surface area contributed by atoms with Gasteiger partial charge in [-0.3, -0.25) is 4.79 Å². The van der Waals surface area contributed by atoms with E-state index in [0.29, 0.717) is 6.54 Å². The van der Waals surface area contributed by atoms with Crippen molar-refractivity contribution in [3.05, 3.63) is 48.6 Å². The molecule has 106 valence electrons. The largest absolute Gasteiger partial charge is 0.481 e. The van der Waals surface area contributed by atoms with E-state index in [4.69, 9.17) is 4.74 Å². The third kappa shape index (κ3) is 3.17. The quantitative estimate of drug-likeness (QED) is 0.779. The lowest BCUT2D eigenvalue weighted by Crippen LogP contribution is -2.27. The molecule has 1 aromatic rings. The number of nitrogens with one attached hydrogen (secondary N) is 1. The van der Waals surface area contributed by atoms with Gasteiger partial charge in [0.25, 0.3) is 0 Å². The van der Waals surface area contributed by atoms with Crippen LogP contribution in [0.15, 0.2) is 43.0 Å². The van der Waals surface area contributed by atoms with Gasteiger partial charge in [0.15, 0.2) is 0 Å². The van der Waals surface area contributed by atoms with Gasteiger partial charge in [-0.15, -0.1) is 0 Å². The summed E-state index contributed by atoms with van der Waals surface area (Å²) in [6.45, 7) is 3.88. The molecule has 1 amide bonds. The third-order valence-electron chi connectivity index (χ3n) is 3.45. The molecule has 0 heterocycles. The number of rotatable bonds is 6. The van der Waals surface area contributed by atoms with Crippen molar-refractivity contribution < 1.29 is 19.4 Å². The van der Waals surface area contributed by atoms with Crippen LogP contribution in [0.3, 0.4) is 0 Å². The maximum absolute atomic E-state index is 11.3. The Morgan fingerprint density at radius 3 is 2.65 bits per heavy atom. The molecule has 20 heavy (non-hydrogen) atoms. The van der Waals surface area contributed by atoms with Crippen LogP contribution in [-0.4, -0.2) is 30.3 Å². The molecule has 1 fully saturated rings. The summed E-state index contributed by atoms with van der Waals surface area (Å²) in [4.78, 5) is 22.5. The van der Waals surface area contributed by atoms with Crippen LogP contribution < -0.4 is 5.32 Å². The van der Waals surface area contributed by atoms with Crippen molar-refractivity contribution in [3.8, 4) is 0 Å². The highest BCUT2D eigenvalue weighted by Gasteiger charge is 2.55. The molecule has 0 spiro atoms. The van der Waals surface area contributed by atoms with Gasteiger partial charge in [0.2, 0.25) is 0 Å². The van der Waals surface area contributed by atoms with E-state index in [1.54, 1.807) is 0 Å². The SMILES string of the molecule is C=CCOC(=O)NCC1C(C(=O)O)C1c1ccccc1. The Balaban J connectivity index is 1.92. The van der Waals surface area contributed by atoms with Gasteiger partial charge in [0, 0.05) is 12.5 Å². The summed E-state index contributed by atoms with van der Waals surface area (Å²) >= 11 is 0. The van der Waals surface area contributed by atoms with Crippen LogP contribution in [-0.2, 0) is 9.53 Å². The Kier molecular flexibility index (Phi) is 4.40. The molecule has 2 rings (SSSR count). The first-order valence-electron chi connectivity index (χ1n) is 6.44. The van der Waals surface area contributed by atoms with Gasteiger partial charge in [-0.2, -0.15) is 0 Å². The summed E-state index contributed by atoms with van der Waals surface area (Å²) in [6, 6.07) is 9.49. The smallest absolute Gasteiger partial charge is 0.407 e. The number of carboxylic acid groups (broad SMARTS) is 1. The maximum Gasteiger partial charge on any atom is 0.407 e. The first kappa shape index (κ1) is 14.1. The zero-order valence-corrected chi connectivity index (χ0v) is 11.0. The van der Waals surface area contributed by atoms with Crippen LogP contribution in [0.1, 0.15) is 11.5 Å². The molecule has 0 aliphatic heterocycles. The molecule has 3 atom stereocenters. The molecule has 1 aromatic carbocycles. The number of carbonyl (C=O) groups is 2. The highest BCUT2D eigenvalue weighted by Crippen LogP contribution is 2.53. The van der Waals surface area contributed by atoms with E-state index < -0.39 is 18.0 Å². The van der Waals surface area contributed by atoms with E-state index in [2.05, 4.69) is 11.9 Å². The van der Waals surface area contributed by atoms with Gasteiger partial charge in [0.1, 0.15) is 6.61 Å². The van der Waals surface area contributed by atoms with Crippen LogP contribution in [0.25, 0.3) is 0 Å². The van der Waals surface area contributed by atoms with E-state index >= 15 is 0 Å². The number of carbonyl (C=O) groups excluding carboxylic acids is 1. The summed E-state index contributed by atoms with van der Waals surface area (Å²) in [7, 11) is 0. The lowest BCUT2D eigenvalue weighted by Gasteiger charge is -2.04. The normalized spacial score (nSPS) is 23.7. The fourth-order valence-electron chi connectivity index (χ4n) is 2.48. The third-order valence-corrected chi connectivity index (χ3v) is 3.45. The summed E-state index contributed by atoms with van der Waals surface area (Å²) in [5, 5.41) is 11.8. The minimum Gasteiger partial charge on any atom is -0.481 e. The van der Waals surface area contributed by atoms with E-state index in [1.165, 1.54) is 6.08 Å². The first-order valence-corrected chi connectivity index (χ1v) is 6.44. The Bertz CT molecular complexity index is 500. The molecule has 0 radical (unpaired) electrons. The predicted octanol–water partition coefficient (Wildman–Crippen LogP) is 2.01. The molecular weight excluding hydrogens is 258 g/mol. The predicted molar refractivity (Wildman–Crippen MR) is 73.3 cm³/mol. The van der Waals surface area contributed by atoms with Crippen molar-refractivity contribution in [1.82, 2.24) is 5.32 Å². The zero-order valence-electron chi connectivity index (χ0n) is 11.0. The summed E-state index contributed by atoms with van der Waals surface area (Å²) in [5.74, 6) is -1.41. The Labute approximate surface area is 117 Å². The average Bonchev–Trinajstić information content (AvgIpc) is 3.18. The van der Waals surface area contributed by atoms with Gasteiger partial charge >= 0.3 is 12.1 Å². The molecule has 1 saturated carbocycles. The van der Waals surface area contributed by atoms with Crippen molar-refractivity contribution in [2.75, 3.05) is 13.2 Å². The van der Waals surface area contributed by atoms with Gasteiger partial charge in [-0.1, -0.05) is 43.0 Å². The first-order chi connectivity index (χ1) is 9.65. The molecule has 5 heteroatoms. The Morgan fingerprint density at radius 1 is 1.35 bits per heavy atom. The Morgan fingerprint density at radius 2 is 2.05 bits per heavy atom. The number of aliphatic carboxylic acids is 1. The summed E-state index contributed by atoms with van der Waals surface area (Å²) < 4.78 is 4.79. The van der Waals surface area contributed by atoms with Crippen molar-refractivity contribution >= 4 is 12.1 Å². The highest BCUT2D eigenvalue weighted by atomic mass is 16.5. The molecule has 0 bridgehead atoms. The molecule has 3 unspecified atom stereocenters. The van der Waals surface area contributed by atoms with Gasteiger partial charge < -0.3 is 15.2 Å². The van der Waals surface area contributed by atoms with Crippen LogP contribution >= 0.6 is 0 Å². The van der Waals surface area contributed by atoms with E-state index in [-0.39, 0.29) is 18.4 Å². The second kappa shape index (κ2) is 6.23. The number of hydrogen-bond donors (Lipinski definition) is 2. The molecule has 1 aliphatic rings. The van der Waals surface area contributed by atoms with E-state index in [1.807, 2.05) is 30.3 Å². The van der Waals surface area contributed by atoms with Gasteiger partial charge in [-0.25, -0.2) is 4.79 Å². The highest BCUT2D eigenvalue weighted by molar-refractivity contribution is 5.76. The lowest BCUT2D eigenvalue weighted by molar-refractivity contribution is -0.139. The molecule has 1 aliphatic carbocycles. The van der Waals surface area contributed by atoms with Gasteiger partial charge in [0.05, 0.1) is 5.92 Å². The van der Waals surface area contributed by atoms with Crippen LogP contribution in [0.4, 0.5) is 4.79 Å². The van der Waals surface area contributed by atoms with E-state index in [0.717, 1.165) is 5.56 Å². The van der Waals surface area contributed by atoms with Crippen molar-refractivity contribution in [1.29, 1.82) is 0 Å². The number of ether oxygens (including phenoxy) is 1. The maximum atomic E-state index is 11.3. The minimum atomic E-state index is -0.829. The van der Waals surface area contributed by atoms with E-state index in [9.17, 15) is 14.7 Å².